The fourth-order valence-corrected chi connectivity index (χ4v) is 3.51. The third-order valence-electron chi connectivity index (χ3n) is 4.88. The highest BCUT2D eigenvalue weighted by molar-refractivity contribution is 9.10. The van der Waals surface area contributed by atoms with Crippen LogP contribution in [0.2, 0.25) is 0 Å². The lowest BCUT2D eigenvalue weighted by atomic mass is 10.1. The largest absolute Gasteiger partial charge is 0.480 e. The molecule has 0 radical (unpaired) electrons. The van der Waals surface area contributed by atoms with Crippen molar-refractivity contribution in [3.05, 3.63) is 76.7 Å². The first kappa shape index (κ1) is 22.9. The van der Waals surface area contributed by atoms with Gasteiger partial charge in [-0.1, -0.05) is 22.0 Å². The Bertz CT molecular complexity index is 1390. The number of fused-ring (bicyclic) bond motifs is 1. The van der Waals surface area contributed by atoms with Crippen LogP contribution in [0.15, 0.2) is 65.4 Å². The van der Waals surface area contributed by atoms with Crippen LogP contribution in [0.3, 0.4) is 0 Å². The topological polar surface area (TPSA) is 149 Å². The molecule has 11 heteroatoms. The lowest BCUT2D eigenvalue weighted by Gasteiger charge is -2.10. The standard InChI is InChI=1S/C23H19BrN6O4/c1-12(23(33)34)27-21(31)13-5-7-15(8-6-13)29-22(32)18-10-17-19(25-11-26-20(17)30-18)28-16-4-2-3-14(24)9-16/h2-12H,1H3,(H,27,31)(H,29,32)(H,33,34)(H2,25,26,28,30). The molecule has 1 atom stereocenters. The number of aromatic amines is 1. The zero-order valence-electron chi connectivity index (χ0n) is 17.8. The lowest BCUT2D eigenvalue weighted by molar-refractivity contribution is -0.138. The zero-order valence-corrected chi connectivity index (χ0v) is 19.4. The second-order valence-electron chi connectivity index (χ2n) is 7.37. The second kappa shape index (κ2) is 9.71. The van der Waals surface area contributed by atoms with Crippen molar-refractivity contribution in [2.75, 3.05) is 10.6 Å². The van der Waals surface area contributed by atoms with Crippen molar-refractivity contribution < 1.29 is 19.5 Å². The van der Waals surface area contributed by atoms with Crippen molar-refractivity contribution in [1.82, 2.24) is 20.3 Å². The molecule has 0 saturated carbocycles. The average Bonchev–Trinajstić information content (AvgIpc) is 3.25. The minimum atomic E-state index is -1.13. The number of amides is 2. The number of aliphatic carboxylic acids is 1. The molecule has 1 unspecified atom stereocenters. The van der Waals surface area contributed by atoms with Gasteiger partial charge in [0.25, 0.3) is 11.8 Å². The number of H-pyrrole nitrogens is 1. The van der Waals surface area contributed by atoms with Gasteiger partial charge in [-0.05, 0) is 55.5 Å². The minimum absolute atomic E-state index is 0.273. The summed E-state index contributed by atoms with van der Waals surface area (Å²) in [6, 6.07) is 14.3. The van der Waals surface area contributed by atoms with Gasteiger partial charge in [-0.3, -0.25) is 14.4 Å². The molecule has 172 valence electrons. The number of nitrogens with one attached hydrogen (secondary N) is 4. The van der Waals surface area contributed by atoms with Crippen LogP contribution in [-0.4, -0.2) is 43.9 Å². The van der Waals surface area contributed by atoms with Gasteiger partial charge < -0.3 is 26.0 Å². The SMILES string of the molecule is CC(NC(=O)c1ccc(NC(=O)c2cc3c(Nc4cccc(Br)c4)ncnc3[nH]2)cc1)C(=O)O. The number of carboxylic acids is 1. The quantitative estimate of drug-likeness (QED) is 0.247. The fraction of sp³-hybridized carbons (Fsp3) is 0.0870. The van der Waals surface area contributed by atoms with Gasteiger partial charge in [-0.2, -0.15) is 0 Å². The molecule has 2 heterocycles. The summed E-state index contributed by atoms with van der Waals surface area (Å²) < 4.78 is 0.914. The number of hydrogen-bond acceptors (Lipinski definition) is 6. The summed E-state index contributed by atoms with van der Waals surface area (Å²) in [6.45, 7) is 1.37. The summed E-state index contributed by atoms with van der Waals surface area (Å²) in [5, 5.41) is 17.9. The summed E-state index contributed by atoms with van der Waals surface area (Å²) in [5.74, 6) is -1.50. The van der Waals surface area contributed by atoms with Crippen LogP contribution in [0.25, 0.3) is 11.0 Å². The van der Waals surface area contributed by atoms with Gasteiger partial charge in [-0.15, -0.1) is 0 Å². The summed E-state index contributed by atoms with van der Waals surface area (Å²) in [7, 11) is 0. The van der Waals surface area contributed by atoms with Crippen molar-refractivity contribution in [2.45, 2.75) is 13.0 Å². The van der Waals surface area contributed by atoms with Crippen LogP contribution < -0.4 is 16.0 Å². The number of nitrogens with zero attached hydrogens (tertiary/aromatic N) is 2. The van der Waals surface area contributed by atoms with Crippen LogP contribution in [0.1, 0.15) is 27.8 Å². The van der Waals surface area contributed by atoms with Gasteiger partial charge in [0.1, 0.15) is 29.5 Å². The van der Waals surface area contributed by atoms with E-state index < -0.39 is 23.8 Å². The van der Waals surface area contributed by atoms with Gasteiger partial charge >= 0.3 is 5.97 Å². The molecule has 0 bridgehead atoms. The van der Waals surface area contributed by atoms with E-state index in [0.717, 1.165) is 10.2 Å². The maximum absolute atomic E-state index is 12.8. The molecule has 10 nitrogen and oxygen atoms in total. The number of rotatable bonds is 7. The normalized spacial score (nSPS) is 11.6. The van der Waals surface area contributed by atoms with E-state index in [2.05, 4.69) is 46.8 Å². The van der Waals surface area contributed by atoms with Gasteiger partial charge in [0.2, 0.25) is 0 Å². The fourth-order valence-electron chi connectivity index (χ4n) is 3.11. The number of anilines is 3. The van der Waals surface area contributed by atoms with E-state index in [1.165, 1.54) is 25.4 Å². The Morgan fingerprint density at radius 3 is 2.47 bits per heavy atom. The van der Waals surface area contributed by atoms with Crippen LogP contribution in [0.5, 0.6) is 0 Å². The highest BCUT2D eigenvalue weighted by Crippen LogP contribution is 2.25. The van der Waals surface area contributed by atoms with Crippen molar-refractivity contribution >= 4 is 61.9 Å². The van der Waals surface area contributed by atoms with Gasteiger partial charge in [-0.25, -0.2) is 9.97 Å². The maximum atomic E-state index is 12.8. The second-order valence-corrected chi connectivity index (χ2v) is 8.28. The summed E-state index contributed by atoms with van der Waals surface area (Å²) in [6.07, 6.45) is 1.40. The third-order valence-corrected chi connectivity index (χ3v) is 5.37. The van der Waals surface area contributed by atoms with Crippen LogP contribution >= 0.6 is 15.9 Å². The molecule has 0 aliphatic carbocycles. The first-order valence-electron chi connectivity index (χ1n) is 10.1. The van der Waals surface area contributed by atoms with Crippen molar-refractivity contribution in [3.63, 3.8) is 0 Å². The summed E-state index contributed by atoms with van der Waals surface area (Å²) in [5.41, 5.74) is 2.34. The van der Waals surface area contributed by atoms with E-state index >= 15 is 0 Å². The van der Waals surface area contributed by atoms with E-state index in [4.69, 9.17) is 5.11 Å². The highest BCUT2D eigenvalue weighted by Gasteiger charge is 2.16. The van der Waals surface area contributed by atoms with Crippen LogP contribution in [-0.2, 0) is 4.79 Å². The summed E-state index contributed by atoms with van der Waals surface area (Å²) >= 11 is 3.43. The summed E-state index contributed by atoms with van der Waals surface area (Å²) in [4.78, 5) is 47.2. The Morgan fingerprint density at radius 2 is 1.76 bits per heavy atom. The third kappa shape index (κ3) is 5.21. The Hall–Kier alpha value is -4.25. The van der Waals surface area contributed by atoms with E-state index in [1.54, 1.807) is 18.2 Å². The maximum Gasteiger partial charge on any atom is 0.325 e. The number of halogens is 1. The smallest absolute Gasteiger partial charge is 0.325 e. The molecular weight excluding hydrogens is 504 g/mol. The molecule has 4 rings (SSSR count). The van der Waals surface area contributed by atoms with Gasteiger partial charge in [0.15, 0.2) is 0 Å². The molecule has 0 aliphatic heterocycles. The molecule has 0 fully saturated rings. The molecule has 2 aromatic carbocycles. The molecule has 0 aliphatic rings. The number of carbonyl (C=O) groups is 3. The van der Waals surface area contributed by atoms with E-state index in [1.807, 2.05) is 24.3 Å². The van der Waals surface area contributed by atoms with Crippen LogP contribution in [0, 0.1) is 0 Å². The first-order valence-corrected chi connectivity index (χ1v) is 10.9. The molecule has 34 heavy (non-hydrogen) atoms. The number of aromatic nitrogens is 3. The molecule has 0 saturated heterocycles. The highest BCUT2D eigenvalue weighted by atomic mass is 79.9. The molecule has 4 aromatic rings. The predicted molar refractivity (Wildman–Crippen MR) is 130 cm³/mol. The number of hydrogen-bond donors (Lipinski definition) is 5. The number of benzene rings is 2. The average molecular weight is 523 g/mol. The Morgan fingerprint density at radius 1 is 1.00 bits per heavy atom. The van der Waals surface area contributed by atoms with Gasteiger partial charge in [0.05, 0.1) is 5.39 Å². The van der Waals surface area contributed by atoms with E-state index in [-0.39, 0.29) is 11.3 Å². The Balaban J connectivity index is 1.48. The van der Waals surface area contributed by atoms with E-state index in [9.17, 15) is 14.4 Å². The van der Waals surface area contributed by atoms with E-state index in [0.29, 0.717) is 22.5 Å². The number of carbonyl (C=O) groups excluding carboxylic acids is 2. The monoisotopic (exact) mass is 522 g/mol. The predicted octanol–water partition coefficient (Wildman–Crippen LogP) is 3.92. The van der Waals surface area contributed by atoms with Crippen LogP contribution in [0.4, 0.5) is 17.2 Å². The number of carboxylic acid groups (broad SMARTS) is 1. The minimum Gasteiger partial charge on any atom is -0.480 e. The van der Waals surface area contributed by atoms with Crippen molar-refractivity contribution in [2.24, 2.45) is 0 Å². The van der Waals surface area contributed by atoms with Gasteiger partial charge in [0, 0.05) is 21.4 Å². The molecular formula is C23H19BrN6O4. The molecule has 2 aromatic heterocycles. The first-order chi connectivity index (χ1) is 16.3. The molecule has 0 spiro atoms. The zero-order chi connectivity index (χ0) is 24.2. The Labute approximate surface area is 201 Å². The molecule has 2 amide bonds. The Kier molecular flexibility index (Phi) is 6.55. The lowest BCUT2D eigenvalue weighted by Crippen LogP contribution is -2.38. The molecule has 5 N–H and O–H groups in total. The van der Waals surface area contributed by atoms with Crippen molar-refractivity contribution in [3.8, 4) is 0 Å². The van der Waals surface area contributed by atoms with Crippen molar-refractivity contribution in [1.29, 1.82) is 0 Å².